The number of fused-ring (bicyclic) bond motifs is 1. The third-order valence-corrected chi connectivity index (χ3v) is 9.78. The van der Waals surface area contributed by atoms with Gasteiger partial charge in [-0.2, -0.15) is 0 Å². The van der Waals surface area contributed by atoms with Crippen LogP contribution < -0.4 is 16.0 Å². The van der Waals surface area contributed by atoms with Crippen LogP contribution in [0.3, 0.4) is 0 Å². The molecule has 3 fully saturated rings. The van der Waals surface area contributed by atoms with Gasteiger partial charge in [-0.15, -0.1) is 11.8 Å². The van der Waals surface area contributed by atoms with Gasteiger partial charge in [0.25, 0.3) is 5.91 Å². The van der Waals surface area contributed by atoms with Gasteiger partial charge >= 0.3 is 23.8 Å². The van der Waals surface area contributed by atoms with Gasteiger partial charge in [-0.3, -0.25) is 33.8 Å². The molecule has 0 aromatic heterocycles. The maximum absolute atomic E-state index is 13.8. The Hall–Kier alpha value is -4.92. The molecule has 0 bridgehead atoms. The van der Waals surface area contributed by atoms with Crippen molar-refractivity contribution < 1.29 is 38.3 Å². The lowest BCUT2D eigenvalue weighted by molar-refractivity contribution is -0.174. The predicted molar refractivity (Wildman–Crippen MR) is 164 cm³/mol. The third kappa shape index (κ3) is 5.77. The number of esters is 1. The standard InChI is InChI=1S/C31H34N6O8S/c1-4-35-15-16-36(27(42)26(35)41)29(44)33-21(20-13-9-6-10-14-20)24(39)34-22-25(40)37-23(30(2,3)46-31(22,37)32-18-38)28(43)45-17-19-11-7-5-8-12-19/h5-14,18,21-23H,4,15-17H2,1-3H3,(H,32,38)(H,33,44)(H,34,39)/t21?,22-,23-,31?/m0/s1. The molecule has 3 aliphatic rings. The summed E-state index contributed by atoms with van der Waals surface area (Å²) in [6.07, 6.45) is 0.383. The minimum absolute atomic E-state index is 0.0206. The molecule has 3 N–H and O–H groups in total. The van der Waals surface area contributed by atoms with Crippen molar-refractivity contribution in [2.75, 3.05) is 19.6 Å². The molecule has 2 unspecified atom stereocenters. The number of nitrogens with zero attached hydrogens (tertiary/aromatic N) is 3. The molecular weight excluding hydrogens is 616 g/mol. The van der Waals surface area contributed by atoms with E-state index in [-0.39, 0.29) is 19.7 Å². The topological polar surface area (TPSA) is 175 Å². The van der Waals surface area contributed by atoms with Crippen LogP contribution >= 0.6 is 11.8 Å². The van der Waals surface area contributed by atoms with E-state index in [1.165, 1.54) is 9.80 Å². The first-order valence-corrected chi connectivity index (χ1v) is 15.5. The van der Waals surface area contributed by atoms with Crippen molar-refractivity contribution in [3.05, 3.63) is 71.8 Å². The number of benzene rings is 2. The molecule has 0 saturated carbocycles. The summed E-state index contributed by atoms with van der Waals surface area (Å²) < 4.78 is 4.61. The van der Waals surface area contributed by atoms with E-state index in [4.69, 9.17) is 4.74 Å². The van der Waals surface area contributed by atoms with Gasteiger partial charge in [0.05, 0.1) is 0 Å². The number of nitrogens with one attached hydrogen (secondary N) is 3. The molecule has 3 saturated heterocycles. The van der Waals surface area contributed by atoms with Crippen molar-refractivity contribution in [1.29, 1.82) is 0 Å². The van der Waals surface area contributed by atoms with E-state index in [1.54, 1.807) is 75.4 Å². The van der Waals surface area contributed by atoms with Gasteiger partial charge in [0.2, 0.25) is 12.3 Å². The minimum Gasteiger partial charge on any atom is -0.459 e. The van der Waals surface area contributed by atoms with Gasteiger partial charge in [-0.25, -0.2) is 9.59 Å². The number of β-lactam (4-membered cyclic amide) rings is 1. The number of imide groups is 1. The third-order valence-electron chi connectivity index (χ3n) is 8.17. The van der Waals surface area contributed by atoms with Crippen LogP contribution in [-0.2, 0) is 40.1 Å². The van der Waals surface area contributed by atoms with Gasteiger partial charge < -0.3 is 25.6 Å². The second-order valence-corrected chi connectivity index (χ2v) is 13.3. The molecule has 5 rings (SSSR count). The Balaban J connectivity index is 1.36. The SMILES string of the molecule is CCN1CCN(C(=O)NC(C(=O)N[C@H]2C(=O)N3[C@@H](C(=O)OCc4ccccc4)C(C)(C)SC23NC=O)c2ccccc2)C(=O)C1=O. The highest BCUT2D eigenvalue weighted by atomic mass is 32.2. The second kappa shape index (κ2) is 12.8. The fourth-order valence-electron chi connectivity index (χ4n) is 5.90. The first-order chi connectivity index (χ1) is 21.9. The number of hydrogen-bond acceptors (Lipinski definition) is 9. The van der Waals surface area contributed by atoms with Crippen LogP contribution in [0, 0.1) is 0 Å². The number of thioether (sulfide) groups is 1. The van der Waals surface area contributed by atoms with Gasteiger partial charge in [0.1, 0.15) is 18.7 Å². The first-order valence-electron chi connectivity index (χ1n) is 14.7. The van der Waals surface area contributed by atoms with Crippen LogP contribution in [0.1, 0.15) is 37.9 Å². The molecule has 0 spiro atoms. The molecule has 0 radical (unpaired) electrons. The normalized spacial score (nSPS) is 24.0. The van der Waals surface area contributed by atoms with Crippen molar-refractivity contribution >= 4 is 53.8 Å². The Bertz CT molecular complexity index is 1560. The number of hydrogen-bond donors (Lipinski definition) is 3. The number of ether oxygens (including phenoxy) is 1. The molecule has 46 heavy (non-hydrogen) atoms. The summed E-state index contributed by atoms with van der Waals surface area (Å²) in [4.78, 5) is 92.7. The summed E-state index contributed by atoms with van der Waals surface area (Å²) in [5, 5.41) is 7.80. The zero-order valence-electron chi connectivity index (χ0n) is 25.4. The average Bonchev–Trinajstić information content (AvgIpc) is 3.26. The summed E-state index contributed by atoms with van der Waals surface area (Å²) in [7, 11) is 0. The quantitative estimate of drug-likeness (QED) is 0.143. The zero-order chi connectivity index (χ0) is 33.2. The number of urea groups is 1. The van der Waals surface area contributed by atoms with Crippen molar-refractivity contribution in [3.63, 3.8) is 0 Å². The molecule has 15 heteroatoms. The molecule has 14 nitrogen and oxygen atoms in total. The molecule has 7 amide bonds. The number of amides is 7. The van der Waals surface area contributed by atoms with Crippen molar-refractivity contribution in [2.45, 2.75) is 55.2 Å². The molecule has 242 valence electrons. The van der Waals surface area contributed by atoms with Crippen LogP contribution in [0.4, 0.5) is 4.79 Å². The van der Waals surface area contributed by atoms with E-state index < -0.39 is 63.5 Å². The first kappa shape index (κ1) is 32.5. The van der Waals surface area contributed by atoms with Crippen molar-refractivity contribution in [1.82, 2.24) is 30.7 Å². The van der Waals surface area contributed by atoms with E-state index in [1.807, 2.05) is 6.07 Å². The largest absolute Gasteiger partial charge is 0.459 e. The number of piperazine rings is 1. The molecule has 0 aliphatic carbocycles. The summed E-state index contributed by atoms with van der Waals surface area (Å²) in [6, 6.07) is 12.4. The second-order valence-electron chi connectivity index (χ2n) is 11.4. The predicted octanol–water partition coefficient (Wildman–Crippen LogP) is 0.492. The molecule has 3 aliphatic heterocycles. The highest BCUT2D eigenvalue weighted by molar-refractivity contribution is 8.02. The van der Waals surface area contributed by atoms with Gasteiger partial charge in [-0.1, -0.05) is 60.7 Å². The van der Waals surface area contributed by atoms with Gasteiger partial charge in [-0.05, 0) is 31.9 Å². The van der Waals surface area contributed by atoms with E-state index in [0.29, 0.717) is 18.5 Å². The Morgan fingerprint density at radius 1 is 1.00 bits per heavy atom. The number of likely N-dealkylation sites (N-methyl/N-ethyl adjacent to an activating group) is 1. The zero-order valence-corrected chi connectivity index (χ0v) is 26.2. The summed E-state index contributed by atoms with van der Waals surface area (Å²) >= 11 is 1.11. The van der Waals surface area contributed by atoms with Gasteiger partial charge in [0.15, 0.2) is 11.0 Å². The lowest BCUT2D eigenvalue weighted by Gasteiger charge is -2.53. The average molecular weight is 651 g/mol. The maximum Gasteiger partial charge on any atom is 0.330 e. The molecule has 2 aromatic carbocycles. The Morgan fingerprint density at radius 2 is 1.65 bits per heavy atom. The monoisotopic (exact) mass is 650 g/mol. The lowest BCUT2D eigenvalue weighted by atomic mass is 9.92. The molecular formula is C31H34N6O8S. The number of carbonyl (C=O) groups is 7. The van der Waals surface area contributed by atoms with Crippen molar-refractivity contribution in [3.8, 4) is 0 Å². The Morgan fingerprint density at radius 3 is 2.28 bits per heavy atom. The van der Waals surface area contributed by atoms with Crippen LogP contribution in [0.5, 0.6) is 0 Å². The summed E-state index contributed by atoms with van der Waals surface area (Å²) in [6.45, 7) is 5.54. The highest BCUT2D eigenvalue weighted by Gasteiger charge is 2.74. The number of rotatable bonds is 10. The fourth-order valence-corrected chi connectivity index (χ4v) is 7.70. The van der Waals surface area contributed by atoms with E-state index >= 15 is 0 Å². The van der Waals surface area contributed by atoms with Crippen LogP contribution in [0.2, 0.25) is 0 Å². The van der Waals surface area contributed by atoms with Crippen LogP contribution in [0.25, 0.3) is 0 Å². The maximum atomic E-state index is 13.8. The molecule has 2 aromatic rings. The Labute approximate surface area is 269 Å². The van der Waals surface area contributed by atoms with Gasteiger partial charge in [0, 0.05) is 24.4 Å². The summed E-state index contributed by atoms with van der Waals surface area (Å²) in [5.74, 6) is -3.98. The van der Waals surface area contributed by atoms with Crippen molar-refractivity contribution in [2.24, 2.45) is 0 Å². The van der Waals surface area contributed by atoms with Crippen LogP contribution in [0.15, 0.2) is 60.7 Å². The molecule has 3 heterocycles. The minimum atomic E-state index is -1.53. The van der Waals surface area contributed by atoms with Crippen LogP contribution in [-0.4, -0.2) is 98.2 Å². The summed E-state index contributed by atoms with van der Waals surface area (Å²) in [5.41, 5.74) is 1.09. The van der Waals surface area contributed by atoms with E-state index in [2.05, 4.69) is 16.0 Å². The van der Waals surface area contributed by atoms with E-state index in [9.17, 15) is 33.6 Å². The fraction of sp³-hybridized carbons (Fsp3) is 0.387. The number of carbonyl (C=O) groups excluding carboxylic acids is 7. The highest BCUT2D eigenvalue weighted by Crippen LogP contribution is 2.57. The van der Waals surface area contributed by atoms with E-state index in [0.717, 1.165) is 22.2 Å². The Kier molecular flexibility index (Phi) is 9.06. The molecule has 4 atom stereocenters. The lowest BCUT2D eigenvalue weighted by Crippen LogP contribution is -2.82. The smallest absolute Gasteiger partial charge is 0.330 e.